The fourth-order valence-corrected chi connectivity index (χ4v) is 2.76. The topological polar surface area (TPSA) is 21.3 Å². The molecule has 0 amide bonds. The summed E-state index contributed by atoms with van der Waals surface area (Å²) in [5.74, 6) is 1.95. The maximum atomic E-state index is 5.51. The lowest BCUT2D eigenvalue weighted by Gasteiger charge is -2.23. The van der Waals surface area contributed by atoms with Gasteiger partial charge in [-0.15, -0.1) is 0 Å². The first-order valence-corrected chi connectivity index (χ1v) is 7.05. The molecule has 18 heavy (non-hydrogen) atoms. The molecule has 1 fully saturated rings. The van der Waals surface area contributed by atoms with Crippen molar-refractivity contribution in [3.63, 3.8) is 0 Å². The van der Waals surface area contributed by atoms with Crippen LogP contribution in [0.1, 0.15) is 36.0 Å². The summed E-state index contributed by atoms with van der Waals surface area (Å²) in [4.78, 5) is 0. The zero-order valence-corrected chi connectivity index (χ0v) is 11.9. The molecular formula is C16H25NO. The van der Waals surface area contributed by atoms with E-state index in [1.807, 2.05) is 0 Å². The van der Waals surface area contributed by atoms with Crippen molar-refractivity contribution < 1.29 is 4.74 Å². The van der Waals surface area contributed by atoms with Crippen LogP contribution >= 0.6 is 0 Å². The van der Waals surface area contributed by atoms with Gasteiger partial charge in [-0.05, 0) is 81.3 Å². The van der Waals surface area contributed by atoms with Crippen LogP contribution in [-0.4, -0.2) is 20.2 Å². The minimum atomic E-state index is 0.887. The van der Waals surface area contributed by atoms with Gasteiger partial charge in [0.2, 0.25) is 0 Å². The van der Waals surface area contributed by atoms with Crippen molar-refractivity contribution >= 4 is 0 Å². The quantitative estimate of drug-likeness (QED) is 0.882. The Bertz CT molecular complexity index is 394. The van der Waals surface area contributed by atoms with E-state index in [4.69, 9.17) is 4.74 Å². The number of hydrogen-bond donors (Lipinski definition) is 1. The van der Waals surface area contributed by atoms with E-state index in [0.717, 1.165) is 18.1 Å². The summed E-state index contributed by atoms with van der Waals surface area (Å²) in [5, 5.41) is 3.43. The SMILES string of the molecule is COc1cc(C)c(C)cc1CCC1CCNCC1. The van der Waals surface area contributed by atoms with Crippen molar-refractivity contribution in [2.24, 2.45) is 5.92 Å². The Hall–Kier alpha value is -1.02. The van der Waals surface area contributed by atoms with Crippen LogP contribution in [0.15, 0.2) is 12.1 Å². The van der Waals surface area contributed by atoms with E-state index < -0.39 is 0 Å². The van der Waals surface area contributed by atoms with Crippen LogP contribution in [0.5, 0.6) is 5.75 Å². The molecular weight excluding hydrogens is 222 g/mol. The minimum Gasteiger partial charge on any atom is -0.496 e. The summed E-state index contributed by atoms with van der Waals surface area (Å²) >= 11 is 0. The first-order chi connectivity index (χ1) is 8.70. The first-order valence-electron chi connectivity index (χ1n) is 7.05. The van der Waals surface area contributed by atoms with Gasteiger partial charge in [0.25, 0.3) is 0 Å². The van der Waals surface area contributed by atoms with Crippen molar-refractivity contribution in [3.05, 3.63) is 28.8 Å². The highest BCUT2D eigenvalue weighted by Gasteiger charge is 2.14. The van der Waals surface area contributed by atoms with Crippen LogP contribution in [0.25, 0.3) is 0 Å². The van der Waals surface area contributed by atoms with Gasteiger partial charge in [-0.1, -0.05) is 6.07 Å². The Morgan fingerprint density at radius 3 is 2.50 bits per heavy atom. The number of hydrogen-bond acceptors (Lipinski definition) is 2. The van der Waals surface area contributed by atoms with Gasteiger partial charge >= 0.3 is 0 Å². The Labute approximate surface area is 111 Å². The number of benzene rings is 1. The summed E-state index contributed by atoms with van der Waals surface area (Å²) in [6.07, 6.45) is 5.09. The van der Waals surface area contributed by atoms with Crippen LogP contribution in [0.3, 0.4) is 0 Å². The van der Waals surface area contributed by atoms with Gasteiger partial charge in [0, 0.05) is 0 Å². The second-order valence-corrected chi connectivity index (χ2v) is 5.48. The van der Waals surface area contributed by atoms with Crippen molar-refractivity contribution in [2.75, 3.05) is 20.2 Å². The Morgan fingerprint density at radius 1 is 1.17 bits per heavy atom. The molecule has 1 aliphatic heterocycles. The van der Waals surface area contributed by atoms with Gasteiger partial charge in [-0.2, -0.15) is 0 Å². The molecule has 1 N–H and O–H groups in total. The third-order valence-corrected chi connectivity index (χ3v) is 4.18. The highest BCUT2D eigenvalue weighted by molar-refractivity contribution is 5.41. The molecule has 0 unspecified atom stereocenters. The molecule has 1 aromatic carbocycles. The number of methoxy groups -OCH3 is 1. The number of ether oxygens (including phenoxy) is 1. The monoisotopic (exact) mass is 247 g/mol. The van der Waals surface area contributed by atoms with Gasteiger partial charge in [-0.25, -0.2) is 0 Å². The highest BCUT2D eigenvalue weighted by atomic mass is 16.5. The van der Waals surface area contributed by atoms with E-state index >= 15 is 0 Å². The number of aryl methyl sites for hydroxylation is 3. The third-order valence-electron chi connectivity index (χ3n) is 4.18. The second kappa shape index (κ2) is 6.24. The highest BCUT2D eigenvalue weighted by Crippen LogP contribution is 2.27. The maximum absolute atomic E-state index is 5.51. The normalized spacial score (nSPS) is 16.8. The summed E-state index contributed by atoms with van der Waals surface area (Å²) in [5.41, 5.74) is 4.06. The Kier molecular flexibility index (Phi) is 4.65. The summed E-state index contributed by atoms with van der Waals surface area (Å²) in [7, 11) is 1.78. The standard InChI is InChI=1S/C16H25NO/c1-12-10-15(16(18-3)11-13(12)2)5-4-14-6-8-17-9-7-14/h10-11,14,17H,4-9H2,1-3H3. The lowest BCUT2D eigenvalue weighted by atomic mass is 9.90. The molecule has 0 saturated carbocycles. The number of rotatable bonds is 4. The van der Waals surface area contributed by atoms with Gasteiger partial charge < -0.3 is 10.1 Å². The van der Waals surface area contributed by atoms with Gasteiger partial charge in [0.15, 0.2) is 0 Å². The lowest BCUT2D eigenvalue weighted by Crippen LogP contribution is -2.27. The predicted octanol–water partition coefficient (Wildman–Crippen LogP) is 3.24. The molecule has 0 radical (unpaired) electrons. The summed E-state index contributed by atoms with van der Waals surface area (Å²) < 4.78 is 5.51. The summed E-state index contributed by atoms with van der Waals surface area (Å²) in [6.45, 7) is 6.71. The molecule has 1 saturated heterocycles. The zero-order valence-electron chi connectivity index (χ0n) is 11.9. The molecule has 0 bridgehead atoms. The second-order valence-electron chi connectivity index (χ2n) is 5.48. The third kappa shape index (κ3) is 3.26. The van der Waals surface area contributed by atoms with Crippen molar-refractivity contribution in [1.29, 1.82) is 0 Å². The van der Waals surface area contributed by atoms with Gasteiger partial charge in [-0.3, -0.25) is 0 Å². The van der Waals surface area contributed by atoms with Crippen molar-refractivity contribution in [1.82, 2.24) is 5.32 Å². The van der Waals surface area contributed by atoms with Crippen LogP contribution in [0, 0.1) is 19.8 Å². The average molecular weight is 247 g/mol. The van der Waals surface area contributed by atoms with Gasteiger partial charge in [0.05, 0.1) is 7.11 Å². The van der Waals surface area contributed by atoms with Crippen molar-refractivity contribution in [3.8, 4) is 5.75 Å². The maximum Gasteiger partial charge on any atom is 0.122 e. The molecule has 2 rings (SSSR count). The van der Waals surface area contributed by atoms with Gasteiger partial charge in [0.1, 0.15) is 5.75 Å². The van der Waals surface area contributed by atoms with Crippen LogP contribution in [0.2, 0.25) is 0 Å². The van der Waals surface area contributed by atoms with E-state index in [0.29, 0.717) is 0 Å². The fraction of sp³-hybridized carbons (Fsp3) is 0.625. The molecule has 0 aromatic heterocycles. The average Bonchev–Trinajstić information content (AvgIpc) is 2.41. The van der Waals surface area contributed by atoms with Crippen LogP contribution in [-0.2, 0) is 6.42 Å². The van der Waals surface area contributed by atoms with E-state index in [1.54, 1.807) is 7.11 Å². The predicted molar refractivity (Wildman–Crippen MR) is 76.4 cm³/mol. The minimum absolute atomic E-state index is 0.887. The van der Waals surface area contributed by atoms with E-state index in [2.05, 4.69) is 31.3 Å². The zero-order chi connectivity index (χ0) is 13.0. The molecule has 2 nitrogen and oxygen atoms in total. The van der Waals surface area contributed by atoms with E-state index in [1.165, 1.54) is 49.0 Å². The molecule has 100 valence electrons. The molecule has 1 heterocycles. The largest absolute Gasteiger partial charge is 0.496 e. The lowest BCUT2D eigenvalue weighted by molar-refractivity contribution is 0.350. The molecule has 0 spiro atoms. The fourth-order valence-electron chi connectivity index (χ4n) is 2.76. The van der Waals surface area contributed by atoms with Crippen molar-refractivity contribution in [2.45, 2.75) is 39.5 Å². The Morgan fingerprint density at radius 2 is 1.83 bits per heavy atom. The number of piperidine rings is 1. The van der Waals surface area contributed by atoms with E-state index in [9.17, 15) is 0 Å². The number of nitrogens with one attached hydrogen (secondary N) is 1. The smallest absolute Gasteiger partial charge is 0.122 e. The van der Waals surface area contributed by atoms with E-state index in [-0.39, 0.29) is 0 Å². The molecule has 1 aliphatic rings. The van der Waals surface area contributed by atoms with Crippen LogP contribution < -0.4 is 10.1 Å². The molecule has 0 aliphatic carbocycles. The van der Waals surface area contributed by atoms with Crippen LogP contribution in [0.4, 0.5) is 0 Å². The summed E-state index contributed by atoms with van der Waals surface area (Å²) in [6, 6.07) is 4.47. The Balaban J connectivity index is 2.01. The first kappa shape index (κ1) is 13.4. The molecule has 1 aromatic rings. The molecule has 0 atom stereocenters. The molecule has 2 heteroatoms.